The predicted molar refractivity (Wildman–Crippen MR) is 78.4 cm³/mol. The Bertz CT molecular complexity index is 718. The highest BCUT2D eigenvalue weighted by molar-refractivity contribution is 7.89. The molecule has 0 radical (unpaired) electrons. The quantitative estimate of drug-likeness (QED) is 0.808. The van der Waals surface area contributed by atoms with Crippen LogP contribution in [0.2, 0.25) is 0 Å². The van der Waals surface area contributed by atoms with Crippen molar-refractivity contribution in [2.24, 2.45) is 0 Å². The van der Waals surface area contributed by atoms with Gasteiger partial charge in [-0.15, -0.1) is 11.3 Å². The smallest absolute Gasteiger partial charge is 0.260 e. The molecule has 1 atom stereocenters. The number of sulfonamides is 1. The number of aromatic nitrogens is 2. The Kier molecular flexibility index (Phi) is 4.13. The third kappa shape index (κ3) is 2.90. The summed E-state index contributed by atoms with van der Waals surface area (Å²) in [5, 5.41) is 4.71. The number of hydrogen-bond donors (Lipinski definition) is 2. The van der Waals surface area contributed by atoms with E-state index >= 15 is 0 Å². The maximum atomic E-state index is 12.5. The van der Waals surface area contributed by atoms with Crippen LogP contribution in [0.25, 0.3) is 4.96 Å². The van der Waals surface area contributed by atoms with Crippen molar-refractivity contribution in [1.82, 2.24) is 14.1 Å². The van der Waals surface area contributed by atoms with E-state index in [0.717, 1.165) is 0 Å². The third-order valence-electron chi connectivity index (χ3n) is 3.10. The first-order chi connectivity index (χ1) is 10.1. The second-order valence-electron chi connectivity index (χ2n) is 4.49. The molecule has 10 heteroatoms. The molecule has 1 aliphatic heterocycles. The van der Waals surface area contributed by atoms with Crippen molar-refractivity contribution in [3.63, 3.8) is 0 Å². The van der Waals surface area contributed by atoms with E-state index in [4.69, 9.17) is 9.47 Å². The number of thiazole rings is 1. The van der Waals surface area contributed by atoms with Gasteiger partial charge >= 0.3 is 0 Å². The number of imidazole rings is 1. The monoisotopic (exact) mass is 332 g/mol. The Balaban J connectivity index is 1.83. The number of nitrogens with one attached hydrogen (secondary N) is 2. The molecule has 1 saturated heterocycles. The van der Waals surface area contributed by atoms with Crippen molar-refractivity contribution in [3.05, 3.63) is 11.6 Å². The maximum Gasteiger partial charge on any atom is 0.260 e. The van der Waals surface area contributed by atoms with Crippen LogP contribution in [0.15, 0.2) is 16.6 Å². The van der Waals surface area contributed by atoms with E-state index in [1.54, 1.807) is 23.0 Å². The Morgan fingerprint density at radius 3 is 3.10 bits per heavy atom. The standard InChI is InChI=1S/C11H16N4O4S2/c1-12-9-10(15-2-5-20-11(15)14-9)21(16,17)13-6-8-7-18-3-4-19-8/h2,5,8,12-13H,3-4,6-7H2,1H3. The van der Waals surface area contributed by atoms with E-state index in [-0.39, 0.29) is 17.7 Å². The fourth-order valence-electron chi connectivity index (χ4n) is 2.11. The first-order valence-corrected chi connectivity index (χ1v) is 8.80. The van der Waals surface area contributed by atoms with Crippen molar-refractivity contribution >= 4 is 32.1 Å². The molecular formula is C11H16N4O4S2. The van der Waals surface area contributed by atoms with Crippen LogP contribution in [0, 0.1) is 0 Å². The number of anilines is 1. The first kappa shape index (κ1) is 14.7. The van der Waals surface area contributed by atoms with Crippen molar-refractivity contribution in [3.8, 4) is 0 Å². The van der Waals surface area contributed by atoms with Crippen LogP contribution in [0.5, 0.6) is 0 Å². The zero-order valence-electron chi connectivity index (χ0n) is 11.4. The lowest BCUT2D eigenvalue weighted by Crippen LogP contribution is -2.40. The second kappa shape index (κ2) is 5.89. The summed E-state index contributed by atoms with van der Waals surface area (Å²) in [7, 11) is -2.05. The van der Waals surface area contributed by atoms with E-state index in [2.05, 4.69) is 15.0 Å². The van der Waals surface area contributed by atoms with Crippen LogP contribution >= 0.6 is 11.3 Å². The summed E-state index contributed by atoms with van der Waals surface area (Å²) in [5.41, 5.74) is 0. The van der Waals surface area contributed by atoms with Gasteiger partial charge in [-0.2, -0.15) is 0 Å². The molecular weight excluding hydrogens is 316 g/mol. The van der Waals surface area contributed by atoms with E-state index < -0.39 is 10.0 Å². The highest BCUT2D eigenvalue weighted by Gasteiger charge is 2.27. The molecule has 116 valence electrons. The van der Waals surface area contributed by atoms with Gasteiger partial charge in [-0.1, -0.05) is 0 Å². The minimum Gasteiger partial charge on any atom is -0.376 e. The van der Waals surface area contributed by atoms with Crippen molar-refractivity contribution in [1.29, 1.82) is 0 Å². The van der Waals surface area contributed by atoms with Crippen LogP contribution in [0.4, 0.5) is 5.82 Å². The van der Waals surface area contributed by atoms with Gasteiger partial charge in [0, 0.05) is 25.2 Å². The van der Waals surface area contributed by atoms with Gasteiger partial charge in [0.2, 0.25) is 0 Å². The molecule has 0 saturated carbocycles. The molecule has 21 heavy (non-hydrogen) atoms. The van der Waals surface area contributed by atoms with Gasteiger partial charge in [-0.05, 0) is 0 Å². The Hall–Kier alpha value is -1.20. The summed E-state index contributed by atoms with van der Waals surface area (Å²) < 4.78 is 39.8. The molecule has 2 N–H and O–H groups in total. The van der Waals surface area contributed by atoms with Gasteiger partial charge < -0.3 is 14.8 Å². The zero-order valence-corrected chi connectivity index (χ0v) is 13.0. The lowest BCUT2D eigenvalue weighted by Gasteiger charge is -2.23. The topological polar surface area (TPSA) is 94.0 Å². The maximum absolute atomic E-state index is 12.5. The summed E-state index contributed by atoms with van der Waals surface area (Å²) in [5.74, 6) is 0.329. The molecule has 8 nitrogen and oxygen atoms in total. The highest BCUT2D eigenvalue weighted by Crippen LogP contribution is 2.25. The summed E-state index contributed by atoms with van der Waals surface area (Å²) in [4.78, 5) is 4.87. The number of rotatable bonds is 5. The first-order valence-electron chi connectivity index (χ1n) is 6.44. The van der Waals surface area contributed by atoms with Gasteiger partial charge in [0.25, 0.3) is 10.0 Å². The Morgan fingerprint density at radius 1 is 1.52 bits per heavy atom. The molecule has 1 fully saturated rings. The second-order valence-corrected chi connectivity index (χ2v) is 7.05. The SMILES string of the molecule is CNc1nc2sccn2c1S(=O)(=O)NCC1COCCO1. The summed E-state index contributed by atoms with van der Waals surface area (Å²) in [6.45, 7) is 1.59. The molecule has 0 aliphatic carbocycles. The Labute approximate surface area is 126 Å². The van der Waals surface area contributed by atoms with Gasteiger partial charge in [0.15, 0.2) is 15.8 Å². The van der Waals surface area contributed by atoms with Crippen molar-refractivity contribution in [2.75, 3.05) is 38.7 Å². The van der Waals surface area contributed by atoms with Crippen LogP contribution in [-0.4, -0.2) is 57.3 Å². The normalized spacial score (nSPS) is 20.0. The lowest BCUT2D eigenvalue weighted by molar-refractivity contribution is -0.0847. The van der Waals surface area contributed by atoms with Crippen LogP contribution in [0.1, 0.15) is 0 Å². The van der Waals surface area contributed by atoms with E-state index in [9.17, 15) is 8.42 Å². The Morgan fingerprint density at radius 2 is 2.38 bits per heavy atom. The van der Waals surface area contributed by atoms with Gasteiger partial charge in [0.05, 0.1) is 25.9 Å². The third-order valence-corrected chi connectivity index (χ3v) is 5.30. The molecule has 2 aromatic heterocycles. The molecule has 3 rings (SSSR count). The van der Waals surface area contributed by atoms with E-state index in [1.165, 1.54) is 11.3 Å². The largest absolute Gasteiger partial charge is 0.376 e. The van der Waals surface area contributed by atoms with E-state index in [1.807, 2.05) is 0 Å². The molecule has 3 heterocycles. The summed E-state index contributed by atoms with van der Waals surface area (Å²) in [6, 6.07) is 0. The molecule has 0 amide bonds. The summed E-state index contributed by atoms with van der Waals surface area (Å²) >= 11 is 1.37. The minimum absolute atomic E-state index is 0.109. The summed E-state index contributed by atoms with van der Waals surface area (Å²) in [6.07, 6.45) is 1.42. The highest BCUT2D eigenvalue weighted by atomic mass is 32.2. The van der Waals surface area contributed by atoms with E-state index in [0.29, 0.717) is 30.6 Å². The fourth-order valence-corrected chi connectivity index (χ4v) is 4.23. The number of ether oxygens (including phenoxy) is 2. The lowest BCUT2D eigenvalue weighted by atomic mass is 10.3. The average molecular weight is 332 g/mol. The predicted octanol–water partition coefficient (Wildman–Crippen LogP) is 0.131. The van der Waals surface area contributed by atoms with Crippen LogP contribution in [-0.2, 0) is 19.5 Å². The average Bonchev–Trinajstić information content (AvgIpc) is 3.06. The molecule has 0 aromatic carbocycles. The molecule has 1 unspecified atom stereocenters. The van der Waals surface area contributed by atoms with Gasteiger partial charge in [-0.3, -0.25) is 4.40 Å². The zero-order chi connectivity index (χ0) is 14.9. The molecule has 0 spiro atoms. The molecule has 2 aromatic rings. The fraction of sp³-hybridized carbons (Fsp3) is 0.545. The number of nitrogens with zero attached hydrogens (tertiary/aromatic N) is 2. The molecule has 1 aliphatic rings. The number of hydrogen-bond acceptors (Lipinski definition) is 7. The number of fused-ring (bicyclic) bond motifs is 1. The van der Waals surface area contributed by atoms with Crippen molar-refractivity contribution < 1.29 is 17.9 Å². The molecule has 0 bridgehead atoms. The van der Waals surface area contributed by atoms with Crippen LogP contribution < -0.4 is 10.0 Å². The van der Waals surface area contributed by atoms with Gasteiger partial charge in [0.1, 0.15) is 0 Å². The minimum atomic E-state index is -3.70. The van der Waals surface area contributed by atoms with Crippen LogP contribution in [0.3, 0.4) is 0 Å². The van der Waals surface area contributed by atoms with Gasteiger partial charge in [-0.25, -0.2) is 18.1 Å². The van der Waals surface area contributed by atoms with Crippen molar-refractivity contribution in [2.45, 2.75) is 11.1 Å².